The minimum absolute atomic E-state index is 0.278. The number of hydrazine groups is 1. The molecule has 0 radical (unpaired) electrons. The minimum atomic E-state index is -4.76. The highest BCUT2D eigenvalue weighted by Crippen LogP contribution is 2.32. The Hall–Kier alpha value is -2.12. The molecule has 0 aliphatic carbocycles. The molecule has 7 heteroatoms. The summed E-state index contributed by atoms with van der Waals surface area (Å²) in [6.45, 7) is 0. The van der Waals surface area contributed by atoms with Crippen molar-refractivity contribution in [2.45, 2.75) is 12.4 Å². The zero-order valence-corrected chi connectivity index (χ0v) is 10.3. The summed E-state index contributed by atoms with van der Waals surface area (Å²) < 4.78 is 41.2. The highest BCUT2D eigenvalue weighted by Gasteiger charge is 2.33. The van der Waals surface area contributed by atoms with Crippen LogP contribution in [-0.2, 0) is 0 Å². The molecule has 0 aliphatic rings. The number of rotatable bonds is 4. The van der Waals surface area contributed by atoms with Crippen LogP contribution < -0.4 is 16.0 Å². The molecule has 0 bridgehead atoms. The first-order chi connectivity index (χ1) is 9.51. The van der Waals surface area contributed by atoms with E-state index in [0.29, 0.717) is 5.56 Å². The fourth-order valence-electron chi connectivity index (χ4n) is 1.85. The normalized spacial score (nSPS) is 13.0. The molecule has 3 N–H and O–H groups in total. The summed E-state index contributed by atoms with van der Waals surface area (Å²) in [5.74, 6) is 5.16. The van der Waals surface area contributed by atoms with Gasteiger partial charge in [0, 0.05) is 18.0 Å². The molecule has 1 atom stereocenters. The highest BCUT2D eigenvalue weighted by molar-refractivity contribution is 5.41. The zero-order chi connectivity index (χ0) is 14.6. The lowest BCUT2D eigenvalue weighted by Gasteiger charge is -2.20. The Bertz CT molecular complexity index is 560. The summed E-state index contributed by atoms with van der Waals surface area (Å²) in [7, 11) is 0. The molecule has 2 rings (SSSR count). The van der Waals surface area contributed by atoms with Crippen LogP contribution in [0, 0.1) is 0 Å². The van der Waals surface area contributed by atoms with E-state index in [1.807, 2.05) is 0 Å². The van der Waals surface area contributed by atoms with Crippen molar-refractivity contribution in [1.29, 1.82) is 0 Å². The highest BCUT2D eigenvalue weighted by atomic mass is 19.4. The largest absolute Gasteiger partial charge is 0.573 e. The predicted octanol–water partition coefficient (Wildman–Crippen LogP) is 2.53. The van der Waals surface area contributed by atoms with Crippen LogP contribution in [0.3, 0.4) is 0 Å². The maximum absolute atomic E-state index is 12.4. The van der Waals surface area contributed by atoms with Gasteiger partial charge >= 0.3 is 6.36 Å². The van der Waals surface area contributed by atoms with Crippen LogP contribution in [0.5, 0.6) is 5.75 Å². The number of nitrogens with one attached hydrogen (secondary N) is 1. The third-order valence-electron chi connectivity index (χ3n) is 2.64. The summed E-state index contributed by atoms with van der Waals surface area (Å²) in [6.07, 6.45) is -1.67. The number of para-hydroxylation sites is 1. The first-order valence-corrected chi connectivity index (χ1v) is 5.72. The quantitative estimate of drug-likeness (QED) is 0.668. The Balaban J connectivity index is 2.40. The van der Waals surface area contributed by atoms with Gasteiger partial charge < -0.3 is 4.74 Å². The van der Waals surface area contributed by atoms with Crippen LogP contribution in [0.2, 0.25) is 0 Å². The number of hydrogen-bond donors (Lipinski definition) is 2. The number of ether oxygens (including phenoxy) is 1. The standard InChI is InChI=1S/C13H12F3N3O/c14-13(15,16)20-11-6-2-1-5-10(11)12(19-17)9-4-3-7-18-8-9/h1-8,12,19H,17H2. The Morgan fingerprint density at radius 2 is 1.90 bits per heavy atom. The molecular formula is C13H12F3N3O. The van der Waals surface area contributed by atoms with E-state index < -0.39 is 12.4 Å². The number of halogens is 3. The molecule has 0 aliphatic heterocycles. The fourth-order valence-corrected chi connectivity index (χ4v) is 1.85. The van der Waals surface area contributed by atoms with Gasteiger partial charge in [0.1, 0.15) is 5.75 Å². The number of nitrogens with zero attached hydrogens (tertiary/aromatic N) is 1. The number of pyridine rings is 1. The van der Waals surface area contributed by atoms with E-state index in [4.69, 9.17) is 5.84 Å². The summed E-state index contributed by atoms with van der Waals surface area (Å²) in [4.78, 5) is 3.92. The SMILES string of the molecule is NNC(c1cccnc1)c1ccccc1OC(F)(F)F. The van der Waals surface area contributed by atoms with Gasteiger partial charge in [-0.1, -0.05) is 24.3 Å². The molecule has 4 nitrogen and oxygen atoms in total. The maximum Gasteiger partial charge on any atom is 0.573 e. The predicted molar refractivity (Wildman–Crippen MR) is 66.5 cm³/mol. The Labute approximate surface area is 113 Å². The van der Waals surface area contributed by atoms with Crippen molar-refractivity contribution in [2.75, 3.05) is 0 Å². The van der Waals surface area contributed by atoms with Gasteiger partial charge in [0.2, 0.25) is 0 Å². The summed E-state index contributed by atoms with van der Waals surface area (Å²) in [5, 5.41) is 0. The van der Waals surface area contributed by atoms with E-state index in [1.54, 1.807) is 24.4 Å². The van der Waals surface area contributed by atoms with Gasteiger partial charge in [0.15, 0.2) is 0 Å². The topological polar surface area (TPSA) is 60.2 Å². The monoisotopic (exact) mass is 283 g/mol. The van der Waals surface area contributed by atoms with E-state index in [-0.39, 0.29) is 11.3 Å². The second kappa shape index (κ2) is 5.89. The van der Waals surface area contributed by atoms with E-state index in [0.717, 1.165) is 0 Å². The van der Waals surface area contributed by atoms with Crippen molar-refractivity contribution in [3.63, 3.8) is 0 Å². The van der Waals surface area contributed by atoms with Gasteiger partial charge in [-0.2, -0.15) is 0 Å². The molecule has 2 aromatic rings. The number of alkyl halides is 3. The Kier molecular flexibility index (Phi) is 4.21. The lowest BCUT2D eigenvalue weighted by molar-refractivity contribution is -0.275. The van der Waals surface area contributed by atoms with Crippen molar-refractivity contribution in [3.8, 4) is 5.75 Å². The molecule has 1 aromatic heterocycles. The van der Waals surface area contributed by atoms with Gasteiger partial charge in [0.25, 0.3) is 0 Å². The molecule has 1 aromatic carbocycles. The molecule has 1 unspecified atom stereocenters. The first-order valence-electron chi connectivity index (χ1n) is 5.72. The number of benzene rings is 1. The smallest absolute Gasteiger partial charge is 0.405 e. The molecule has 1 heterocycles. The van der Waals surface area contributed by atoms with Crippen LogP contribution in [0.25, 0.3) is 0 Å². The zero-order valence-electron chi connectivity index (χ0n) is 10.3. The lowest BCUT2D eigenvalue weighted by Crippen LogP contribution is -2.30. The Morgan fingerprint density at radius 3 is 2.50 bits per heavy atom. The van der Waals surface area contributed by atoms with Crippen LogP contribution >= 0.6 is 0 Å². The maximum atomic E-state index is 12.4. The molecule has 0 amide bonds. The van der Waals surface area contributed by atoms with Gasteiger partial charge in [-0.05, 0) is 17.7 Å². The van der Waals surface area contributed by atoms with Crippen molar-refractivity contribution in [3.05, 3.63) is 59.9 Å². The molecule has 0 saturated heterocycles. The van der Waals surface area contributed by atoms with Crippen molar-refractivity contribution < 1.29 is 17.9 Å². The summed E-state index contributed by atoms with van der Waals surface area (Å²) in [5.41, 5.74) is 3.38. The average molecular weight is 283 g/mol. The van der Waals surface area contributed by atoms with E-state index >= 15 is 0 Å². The molecule has 0 saturated carbocycles. The third-order valence-corrected chi connectivity index (χ3v) is 2.64. The van der Waals surface area contributed by atoms with Crippen LogP contribution in [0.4, 0.5) is 13.2 Å². The Morgan fingerprint density at radius 1 is 1.15 bits per heavy atom. The van der Waals surface area contributed by atoms with Crippen LogP contribution in [-0.4, -0.2) is 11.3 Å². The summed E-state index contributed by atoms with van der Waals surface area (Å²) >= 11 is 0. The van der Waals surface area contributed by atoms with Crippen molar-refractivity contribution in [1.82, 2.24) is 10.4 Å². The number of nitrogens with two attached hydrogens (primary N) is 1. The number of aromatic nitrogens is 1. The second-order valence-electron chi connectivity index (χ2n) is 3.97. The van der Waals surface area contributed by atoms with Gasteiger partial charge in [0.05, 0.1) is 6.04 Å². The van der Waals surface area contributed by atoms with E-state index in [1.165, 1.54) is 24.4 Å². The third kappa shape index (κ3) is 3.46. The number of hydrogen-bond acceptors (Lipinski definition) is 4. The molecule has 0 fully saturated rings. The van der Waals surface area contributed by atoms with Crippen molar-refractivity contribution >= 4 is 0 Å². The summed E-state index contributed by atoms with van der Waals surface area (Å²) in [6, 6.07) is 8.56. The lowest BCUT2D eigenvalue weighted by atomic mass is 10.00. The molecule has 106 valence electrons. The van der Waals surface area contributed by atoms with Crippen LogP contribution in [0.1, 0.15) is 17.2 Å². The molecule has 20 heavy (non-hydrogen) atoms. The van der Waals surface area contributed by atoms with Gasteiger partial charge in [-0.3, -0.25) is 10.8 Å². The fraction of sp³-hybridized carbons (Fsp3) is 0.154. The van der Waals surface area contributed by atoms with Gasteiger partial charge in [-0.25, -0.2) is 5.43 Å². The molecular weight excluding hydrogens is 271 g/mol. The van der Waals surface area contributed by atoms with E-state index in [9.17, 15) is 13.2 Å². The average Bonchev–Trinajstić information content (AvgIpc) is 2.41. The van der Waals surface area contributed by atoms with Gasteiger partial charge in [-0.15, -0.1) is 13.2 Å². The van der Waals surface area contributed by atoms with Crippen LogP contribution in [0.15, 0.2) is 48.8 Å². The van der Waals surface area contributed by atoms with Crippen molar-refractivity contribution in [2.24, 2.45) is 5.84 Å². The second-order valence-corrected chi connectivity index (χ2v) is 3.97. The molecule has 0 spiro atoms. The van der Waals surface area contributed by atoms with E-state index in [2.05, 4.69) is 15.1 Å². The first kappa shape index (κ1) is 14.3. The minimum Gasteiger partial charge on any atom is -0.405 e.